The Hall–Kier alpha value is -0.830. The molecule has 1 N–H and O–H groups in total. The van der Waals surface area contributed by atoms with Gasteiger partial charge < -0.3 is 5.32 Å². The molecule has 2 rings (SSSR count). The van der Waals surface area contributed by atoms with Gasteiger partial charge in [0.2, 0.25) is 0 Å². The summed E-state index contributed by atoms with van der Waals surface area (Å²) >= 11 is 0. The van der Waals surface area contributed by atoms with Crippen molar-refractivity contribution in [3.63, 3.8) is 0 Å². The maximum Gasteiger partial charge on any atom is 0.0656 e. The van der Waals surface area contributed by atoms with Crippen molar-refractivity contribution in [3.05, 3.63) is 17.0 Å². The summed E-state index contributed by atoms with van der Waals surface area (Å²) in [5.74, 6) is 0.721. The van der Waals surface area contributed by atoms with E-state index >= 15 is 0 Å². The van der Waals surface area contributed by atoms with Crippen LogP contribution < -0.4 is 5.32 Å². The zero-order valence-electron chi connectivity index (χ0n) is 11.4. The van der Waals surface area contributed by atoms with Crippen molar-refractivity contribution in [2.45, 2.75) is 58.9 Å². The first-order chi connectivity index (χ1) is 8.31. The highest BCUT2D eigenvalue weighted by Gasteiger charge is 2.24. The summed E-state index contributed by atoms with van der Waals surface area (Å²) in [5, 5.41) is 8.24. The second-order valence-corrected chi connectivity index (χ2v) is 4.86. The summed E-state index contributed by atoms with van der Waals surface area (Å²) < 4.78 is 2.26. The number of hydrogen-bond acceptors (Lipinski definition) is 2. The Morgan fingerprint density at radius 3 is 2.41 bits per heavy atom. The molecule has 0 bridgehead atoms. The zero-order chi connectivity index (χ0) is 12.3. The average molecular weight is 235 g/mol. The summed E-state index contributed by atoms with van der Waals surface area (Å²) in [4.78, 5) is 0. The van der Waals surface area contributed by atoms with Crippen LogP contribution in [0.25, 0.3) is 0 Å². The smallest absolute Gasteiger partial charge is 0.0656 e. The van der Waals surface area contributed by atoms with Crippen molar-refractivity contribution in [2.24, 2.45) is 0 Å². The van der Waals surface area contributed by atoms with E-state index in [1.165, 1.54) is 29.8 Å². The van der Waals surface area contributed by atoms with Gasteiger partial charge >= 0.3 is 0 Å². The minimum Gasteiger partial charge on any atom is -0.317 e. The molecule has 1 aromatic heterocycles. The Morgan fingerprint density at radius 2 is 1.88 bits per heavy atom. The van der Waals surface area contributed by atoms with E-state index in [2.05, 4.69) is 30.8 Å². The lowest BCUT2D eigenvalue weighted by Gasteiger charge is -2.24. The van der Waals surface area contributed by atoms with Crippen LogP contribution in [0, 0.1) is 0 Å². The van der Waals surface area contributed by atoms with Crippen molar-refractivity contribution in [1.82, 2.24) is 15.1 Å². The molecular formula is C14H25N3. The van der Waals surface area contributed by atoms with Gasteiger partial charge in [-0.3, -0.25) is 4.68 Å². The Kier molecular flexibility index (Phi) is 4.21. The largest absolute Gasteiger partial charge is 0.317 e. The van der Waals surface area contributed by atoms with Crippen molar-refractivity contribution < 1.29 is 0 Å². The predicted octanol–water partition coefficient (Wildman–Crippen LogP) is 2.49. The molecule has 1 aliphatic heterocycles. The van der Waals surface area contributed by atoms with E-state index in [-0.39, 0.29) is 0 Å². The topological polar surface area (TPSA) is 29.9 Å². The van der Waals surface area contributed by atoms with Gasteiger partial charge in [0.25, 0.3) is 0 Å². The van der Waals surface area contributed by atoms with E-state index in [4.69, 9.17) is 5.10 Å². The van der Waals surface area contributed by atoms with Crippen LogP contribution in [0.1, 0.15) is 56.5 Å². The summed E-state index contributed by atoms with van der Waals surface area (Å²) in [6.07, 6.45) is 4.72. The Labute approximate surface area is 105 Å². The molecule has 3 nitrogen and oxygen atoms in total. The molecule has 0 saturated carbocycles. The summed E-state index contributed by atoms with van der Waals surface area (Å²) in [6, 6.07) is 0. The van der Waals surface area contributed by atoms with E-state index in [9.17, 15) is 0 Å². The Morgan fingerprint density at radius 1 is 1.18 bits per heavy atom. The number of aromatic nitrogens is 2. The number of nitrogens with zero attached hydrogens (tertiary/aromatic N) is 2. The van der Waals surface area contributed by atoms with Crippen LogP contribution in [0.5, 0.6) is 0 Å². The fourth-order valence-electron chi connectivity index (χ4n) is 3.03. The van der Waals surface area contributed by atoms with E-state index in [1.54, 1.807) is 0 Å². The third kappa shape index (κ3) is 2.39. The van der Waals surface area contributed by atoms with Crippen LogP contribution in [0.3, 0.4) is 0 Å². The highest BCUT2D eigenvalue weighted by atomic mass is 15.3. The van der Waals surface area contributed by atoms with Crippen LogP contribution in [-0.4, -0.2) is 22.9 Å². The van der Waals surface area contributed by atoms with Crippen LogP contribution in [0.4, 0.5) is 0 Å². The molecule has 0 aromatic carbocycles. The molecule has 3 heteroatoms. The highest BCUT2D eigenvalue weighted by Crippen LogP contribution is 2.30. The average Bonchev–Trinajstić information content (AvgIpc) is 2.77. The summed E-state index contributed by atoms with van der Waals surface area (Å²) in [5.41, 5.74) is 4.39. The number of rotatable bonds is 4. The first-order valence-corrected chi connectivity index (χ1v) is 7.10. The molecule has 1 saturated heterocycles. The number of aryl methyl sites for hydroxylation is 2. The normalized spacial score (nSPS) is 17.6. The van der Waals surface area contributed by atoms with Crippen molar-refractivity contribution in [2.75, 3.05) is 13.1 Å². The van der Waals surface area contributed by atoms with E-state index < -0.39 is 0 Å². The minimum absolute atomic E-state index is 0.721. The third-order valence-electron chi connectivity index (χ3n) is 3.89. The van der Waals surface area contributed by atoms with Crippen molar-refractivity contribution in [3.8, 4) is 0 Å². The number of piperidine rings is 1. The van der Waals surface area contributed by atoms with Gasteiger partial charge in [-0.05, 0) is 51.3 Å². The lowest BCUT2D eigenvalue weighted by atomic mass is 9.90. The molecular weight excluding hydrogens is 210 g/mol. The van der Waals surface area contributed by atoms with Gasteiger partial charge in [0.1, 0.15) is 0 Å². The molecule has 0 amide bonds. The molecule has 96 valence electrons. The SMILES string of the molecule is CCc1nn(CC)c(C2CCNCC2)c1CC. The van der Waals surface area contributed by atoms with E-state index in [0.29, 0.717) is 0 Å². The lowest BCUT2D eigenvalue weighted by Crippen LogP contribution is -2.28. The predicted molar refractivity (Wildman–Crippen MR) is 71.5 cm³/mol. The maximum atomic E-state index is 4.79. The highest BCUT2D eigenvalue weighted by molar-refractivity contribution is 5.30. The van der Waals surface area contributed by atoms with Crippen molar-refractivity contribution in [1.29, 1.82) is 0 Å². The van der Waals surface area contributed by atoms with Gasteiger partial charge in [0.05, 0.1) is 5.69 Å². The molecule has 1 aromatic rings. The van der Waals surface area contributed by atoms with Gasteiger partial charge in [-0.25, -0.2) is 0 Å². The standard InChI is InChI=1S/C14H25N3/c1-4-12-13(5-2)16-17(6-3)14(12)11-7-9-15-10-8-11/h11,15H,4-10H2,1-3H3. The lowest BCUT2D eigenvalue weighted by molar-refractivity contribution is 0.430. The van der Waals surface area contributed by atoms with Gasteiger partial charge in [-0.15, -0.1) is 0 Å². The Bertz CT molecular complexity index is 362. The fraction of sp³-hybridized carbons (Fsp3) is 0.786. The van der Waals surface area contributed by atoms with Gasteiger partial charge in [-0.2, -0.15) is 5.10 Å². The summed E-state index contributed by atoms with van der Waals surface area (Å²) in [6.45, 7) is 10.0. The van der Waals surface area contributed by atoms with E-state index in [1.807, 2.05) is 0 Å². The van der Waals surface area contributed by atoms with Gasteiger partial charge in [0, 0.05) is 18.2 Å². The molecule has 0 unspecified atom stereocenters. The van der Waals surface area contributed by atoms with Crippen molar-refractivity contribution >= 4 is 0 Å². The molecule has 17 heavy (non-hydrogen) atoms. The minimum atomic E-state index is 0.721. The summed E-state index contributed by atoms with van der Waals surface area (Å²) in [7, 11) is 0. The molecule has 0 spiro atoms. The van der Waals surface area contributed by atoms with Crippen LogP contribution in [0.15, 0.2) is 0 Å². The fourth-order valence-corrected chi connectivity index (χ4v) is 3.03. The number of nitrogens with one attached hydrogen (secondary N) is 1. The van der Waals surface area contributed by atoms with Gasteiger partial charge in [-0.1, -0.05) is 13.8 Å². The second kappa shape index (κ2) is 5.67. The molecule has 0 aliphatic carbocycles. The molecule has 0 atom stereocenters. The first kappa shape index (κ1) is 12.6. The van der Waals surface area contributed by atoms with Gasteiger partial charge in [0.15, 0.2) is 0 Å². The molecule has 0 radical (unpaired) electrons. The zero-order valence-corrected chi connectivity index (χ0v) is 11.4. The third-order valence-corrected chi connectivity index (χ3v) is 3.89. The van der Waals surface area contributed by atoms with Crippen LogP contribution in [-0.2, 0) is 19.4 Å². The quantitative estimate of drug-likeness (QED) is 0.869. The molecule has 2 heterocycles. The first-order valence-electron chi connectivity index (χ1n) is 7.10. The van der Waals surface area contributed by atoms with E-state index in [0.717, 1.165) is 38.4 Å². The second-order valence-electron chi connectivity index (χ2n) is 4.86. The molecule has 1 fully saturated rings. The van der Waals surface area contributed by atoms with Crippen LogP contribution >= 0.6 is 0 Å². The number of hydrogen-bond donors (Lipinski definition) is 1. The molecule has 1 aliphatic rings. The monoisotopic (exact) mass is 235 g/mol. The Balaban J connectivity index is 2.37. The van der Waals surface area contributed by atoms with Crippen LogP contribution in [0.2, 0.25) is 0 Å². The maximum absolute atomic E-state index is 4.79.